The third kappa shape index (κ3) is 7.95. The van der Waals surface area contributed by atoms with E-state index >= 15 is 0 Å². The number of ether oxygens (including phenoxy) is 4. The van der Waals surface area contributed by atoms with Crippen LogP contribution in [0.2, 0.25) is 5.02 Å². The molecule has 5 rings (SSSR count). The molecule has 5 heteroatoms. The van der Waals surface area contributed by atoms with E-state index in [2.05, 4.69) is 62.9 Å². The Balaban J connectivity index is 1.54. The SMILES string of the molecule is C=CCOc1cc([C@@H]2O[C@H](CC)[C@@H](C)[C@H](OCc3ccccc3)[C@H]2OCc2ccccc2)cc(Cc2ccccc2)c1Cl. The van der Waals surface area contributed by atoms with E-state index in [4.69, 9.17) is 30.5 Å². The lowest BCUT2D eigenvalue weighted by molar-refractivity contribution is -0.234. The smallest absolute Gasteiger partial charge is 0.139 e. The van der Waals surface area contributed by atoms with Crippen molar-refractivity contribution in [2.24, 2.45) is 5.92 Å². The summed E-state index contributed by atoms with van der Waals surface area (Å²) in [6, 6.07) is 35.0. The van der Waals surface area contributed by atoms with Gasteiger partial charge < -0.3 is 18.9 Å². The summed E-state index contributed by atoms with van der Waals surface area (Å²) in [6.07, 6.45) is 2.31. The van der Waals surface area contributed by atoms with Gasteiger partial charge in [-0.05, 0) is 46.7 Å². The van der Waals surface area contributed by atoms with E-state index in [1.165, 1.54) is 5.56 Å². The van der Waals surface area contributed by atoms with Gasteiger partial charge in [-0.15, -0.1) is 0 Å². The van der Waals surface area contributed by atoms with Crippen LogP contribution in [0, 0.1) is 5.92 Å². The number of hydrogen-bond acceptors (Lipinski definition) is 4. The lowest BCUT2D eigenvalue weighted by atomic mass is 9.83. The van der Waals surface area contributed by atoms with Crippen LogP contribution in [0.4, 0.5) is 0 Å². The van der Waals surface area contributed by atoms with E-state index in [0.717, 1.165) is 28.7 Å². The first-order valence-electron chi connectivity index (χ1n) is 15.1. The third-order valence-electron chi connectivity index (χ3n) is 8.08. The van der Waals surface area contributed by atoms with Gasteiger partial charge in [0.2, 0.25) is 0 Å². The van der Waals surface area contributed by atoms with E-state index in [0.29, 0.717) is 37.0 Å². The Kier molecular flexibility index (Phi) is 11.1. The first-order chi connectivity index (χ1) is 21.1. The molecular formula is C38H41ClO4. The first-order valence-corrected chi connectivity index (χ1v) is 15.5. The fourth-order valence-electron chi connectivity index (χ4n) is 5.81. The summed E-state index contributed by atoms with van der Waals surface area (Å²) < 4.78 is 26.5. The number of benzene rings is 4. The van der Waals surface area contributed by atoms with Crippen LogP contribution < -0.4 is 4.74 Å². The molecule has 1 fully saturated rings. The zero-order chi connectivity index (χ0) is 30.0. The highest BCUT2D eigenvalue weighted by Gasteiger charge is 2.45. The quantitative estimate of drug-likeness (QED) is 0.144. The molecule has 1 heterocycles. The Morgan fingerprint density at radius 2 is 1.35 bits per heavy atom. The van der Waals surface area contributed by atoms with E-state index in [-0.39, 0.29) is 30.3 Å². The minimum Gasteiger partial charge on any atom is -0.488 e. The second kappa shape index (κ2) is 15.4. The largest absolute Gasteiger partial charge is 0.488 e. The van der Waals surface area contributed by atoms with Crippen molar-refractivity contribution >= 4 is 11.6 Å². The van der Waals surface area contributed by atoms with Crippen molar-refractivity contribution in [3.8, 4) is 5.75 Å². The van der Waals surface area contributed by atoms with E-state index in [1.807, 2.05) is 60.7 Å². The molecule has 0 spiro atoms. The van der Waals surface area contributed by atoms with Crippen LogP contribution in [-0.4, -0.2) is 24.9 Å². The summed E-state index contributed by atoms with van der Waals surface area (Å²) in [4.78, 5) is 0. The number of halogens is 1. The molecule has 4 aromatic carbocycles. The van der Waals surface area contributed by atoms with Crippen molar-refractivity contribution in [2.75, 3.05) is 6.61 Å². The van der Waals surface area contributed by atoms with Crippen LogP contribution in [0.1, 0.15) is 54.2 Å². The predicted molar refractivity (Wildman–Crippen MR) is 173 cm³/mol. The Morgan fingerprint density at radius 1 is 0.791 bits per heavy atom. The van der Waals surface area contributed by atoms with Crippen LogP contribution in [0.25, 0.3) is 0 Å². The molecule has 1 aliphatic heterocycles. The van der Waals surface area contributed by atoms with E-state index in [9.17, 15) is 0 Å². The minimum absolute atomic E-state index is 0.00635. The van der Waals surface area contributed by atoms with Gasteiger partial charge in [-0.1, -0.05) is 135 Å². The van der Waals surface area contributed by atoms with Gasteiger partial charge in [-0.25, -0.2) is 0 Å². The summed E-state index contributed by atoms with van der Waals surface area (Å²) in [5.74, 6) is 0.738. The molecule has 4 aromatic rings. The zero-order valence-electron chi connectivity index (χ0n) is 25.0. The van der Waals surface area contributed by atoms with Gasteiger partial charge >= 0.3 is 0 Å². The standard InChI is InChI=1S/C38H41ClO4/c1-4-21-40-34-24-32(23-31(35(34)39)22-28-15-9-6-10-16-28)37-38(42-26-30-19-13-8-14-20-30)36(27(3)33(5-2)43-37)41-25-29-17-11-7-12-18-29/h4,6-20,23-24,27,33,36-38H,1,5,21-22,25-26H2,2-3H3/t27-,33-,36+,37+,38-/m1/s1. The third-order valence-corrected chi connectivity index (χ3v) is 8.51. The van der Waals surface area contributed by atoms with Gasteiger partial charge in [0.15, 0.2) is 0 Å². The monoisotopic (exact) mass is 596 g/mol. The van der Waals surface area contributed by atoms with Gasteiger partial charge in [0, 0.05) is 5.92 Å². The maximum atomic E-state index is 6.95. The average molecular weight is 597 g/mol. The molecule has 0 bridgehead atoms. The fraction of sp³-hybridized carbons (Fsp3) is 0.316. The van der Waals surface area contributed by atoms with Crippen LogP contribution in [0.5, 0.6) is 5.75 Å². The molecule has 0 unspecified atom stereocenters. The number of hydrogen-bond donors (Lipinski definition) is 0. The second-order valence-corrected chi connectivity index (χ2v) is 11.5. The van der Waals surface area contributed by atoms with Crippen molar-refractivity contribution in [1.82, 2.24) is 0 Å². The normalized spacial score (nSPS) is 21.8. The lowest BCUT2D eigenvalue weighted by Crippen LogP contribution is -2.51. The van der Waals surface area contributed by atoms with Crippen LogP contribution in [0.3, 0.4) is 0 Å². The Labute approximate surface area is 261 Å². The molecular weight excluding hydrogens is 556 g/mol. The first kappa shape index (κ1) is 31.0. The van der Waals surface area contributed by atoms with Gasteiger partial charge in [0.05, 0.1) is 30.4 Å². The molecule has 224 valence electrons. The van der Waals surface area contributed by atoms with Crippen LogP contribution in [-0.2, 0) is 33.8 Å². The molecule has 0 saturated carbocycles. The molecule has 0 aromatic heterocycles. The highest BCUT2D eigenvalue weighted by molar-refractivity contribution is 6.32. The van der Waals surface area contributed by atoms with Crippen molar-refractivity contribution in [3.63, 3.8) is 0 Å². The molecule has 0 radical (unpaired) electrons. The fourth-order valence-corrected chi connectivity index (χ4v) is 6.04. The molecule has 4 nitrogen and oxygen atoms in total. The summed E-state index contributed by atoms with van der Waals surface area (Å²) in [7, 11) is 0. The highest BCUT2D eigenvalue weighted by atomic mass is 35.5. The molecule has 5 atom stereocenters. The molecule has 0 aliphatic carbocycles. The van der Waals surface area contributed by atoms with Crippen molar-refractivity contribution in [3.05, 3.63) is 149 Å². The summed E-state index contributed by atoms with van der Waals surface area (Å²) >= 11 is 6.95. The molecule has 1 saturated heterocycles. The van der Waals surface area contributed by atoms with Crippen molar-refractivity contribution in [1.29, 1.82) is 0 Å². The summed E-state index contributed by atoms with van der Waals surface area (Å²) in [5.41, 5.74) is 5.34. The maximum Gasteiger partial charge on any atom is 0.139 e. The van der Waals surface area contributed by atoms with Gasteiger partial charge in [-0.3, -0.25) is 0 Å². The Bertz CT molecular complexity index is 1430. The van der Waals surface area contributed by atoms with Crippen molar-refractivity contribution in [2.45, 2.75) is 64.3 Å². The Hall–Kier alpha value is -3.41. The summed E-state index contributed by atoms with van der Waals surface area (Å²) in [5, 5.41) is 0.601. The van der Waals surface area contributed by atoms with Gasteiger partial charge in [-0.2, -0.15) is 0 Å². The lowest BCUT2D eigenvalue weighted by Gasteiger charge is -2.46. The summed E-state index contributed by atoms with van der Waals surface area (Å²) in [6.45, 7) is 9.50. The minimum atomic E-state index is -0.386. The van der Waals surface area contributed by atoms with E-state index in [1.54, 1.807) is 6.08 Å². The van der Waals surface area contributed by atoms with E-state index < -0.39 is 0 Å². The maximum absolute atomic E-state index is 6.95. The molecule has 43 heavy (non-hydrogen) atoms. The zero-order valence-corrected chi connectivity index (χ0v) is 25.8. The van der Waals surface area contributed by atoms with Gasteiger partial charge in [0.25, 0.3) is 0 Å². The Morgan fingerprint density at radius 3 is 1.91 bits per heavy atom. The molecule has 1 aliphatic rings. The average Bonchev–Trinajstić information content (AvgIpc) is 3.05. The molecule has 0 N–H and O–H groups in total. The molecule has 0 amide bonds. The predicted octanol–water partition coefficient (Wildman–Crippen LogP) is 9.15. The van der Waals surface area contributed by atoms with Crippen LogP contribution >= 0.6 is 11.6 Å². The topological polar surface area (TPSA) is 36.9 Å². The van der Waals surface area contributed by atoms with Crippen molar-refractivity contribution < 1.29 is 18.9 Å². The number of rotatable bonds is 13. The van der Waals surface area contributed by atoms with Gasteiger partial charge in [0.1, 0.15) is 24.6 Å². The van der Waals surface area contributed by atoms with Crippen LogP contribution in [0.15, 0.2) is 116 Å². The highest BCUT2D eigenvalue weighted by Crippen LogP contribution is 2.43. The second-order valence-electron chi connectivity index (χ2n) is 11.1.